The zero-order chi connectivity index (χ0) is 17.5. The lowest BCUT2D eigenvalue weighted by Gasteiger charge is -2.11. The second-order valence-corrected chi connectivity index (χ2v) is 5.86. The van der Waals surface area contributed by atoms with Crippen LogP contribution in [0.2, 0.25) is 0 Å². The van der Waals surface area contributed by atoms with Crippen LogP contribution in [-0.4, -0.2) is 24.5 Å². The molecule has 2 aromatic carbocycles. The molecule has 0 radical (unpaired) electrons. The second-order valence-electron chi connectivity index (χ2n) is 5.86. The summed E-state index contributed by atoms with van der Waals surface area (Å²) in [5.41, 5.74) is 2.13. The van der Waals surface area contributed by atoms with E-state index in [0.717, 1.165) is 5.56 Å². The summed E-state index contributed by atoms with van der Waals surface area (Å²) in [7, 11) is 0. The normalized spacial score (nSPS) is 10.3. The Morgan fingerprint density at radius 3 is 2.54 bits per heavy atom. The van der Waals surface area contributed by atoms with Crippen molar-refractivity contribution in [2.75, 3.05) is 11.9 Å². The van der Waals surface area contributed by atoms with Gasteiger partial charge in [0, 0.05) is 17.3 Å². The third kappa shape index (κ3) is 5.43. The topological polar surface area (TPSA) is 67.4 Å². The highest BCUT2D eigenvalue weighted by Crippen LogP contribution is 2.13. The number of carbonyl (C=O) groups excluding carboxylic acids is 2. The molecule has 2 rings (SSSR count). The van der Waals surface area contributed by atoms with Crippen molar-refractivity contribution in [2.45, 2.75) is 26.8 Å². The van der Waals surface area contributed by atoms with Gasteiger partial charge in [0.25, 0.3) is 11.8 Å². The van der Waals surface area contributed by atoms with Gasteiger partial charge < -0.3 is 15.4 Å². The lowest BCUT2D eigenvalue weighted by molar-refractivity contribution is -0.118. The molecule has 0 saturated carbocycles. The van der Waals surface area contributed by atoms with Crippen LogP contribution in [0.3, 0.4) is 0 Å². The smallest absolute Gasteiger partial charge is 0.262 e. The molecule has 0 aliphatic rings. The van der Waals surface area contributed by atoms with E-state index in [2.05, 4.69) is 10.6 Å². The fourth-order valence-corrected chi connectivity index (χ4v) is 2.13. The van der Waals surface area contributed by atoms with Gasteiger partial charge in [0.05, 0.1) is 0 Å². The Labute approximate surface area is 142 Å². The van der Waals surface area contributed by atoms with Crippen molar-refractivity contribution in [2.24, 2.45) is 0 Å². The average molecular weight is 326 g/mol. The molecule has 2 N–H and O–H groups in total. The van der Waals surface area contributed by atoms with E-state index in [4.69, 9.17) is 4.74 Å². The van der Waals surface area contributed by atoms with E-state index in [1.54, 1.807) is 30.3 Å². The number of hydrogen-bond donors (Lipinski definition) is 2. The van der Waals surface area contributed by atoms with Gasteiger partial charge >= 0.3 is 0 Å². The molecule has 0 atom stereocenters. The Morgan fingerprint density at radius 1 is 1.08 bits per heavy atom. The molecular weight excluding hydrogens is 304 g/mol. The molecule has 0 aliphatic carbocycles. The Balaban J connectivity index is 1.93. The SMILES string of the molecule is Cc1cccc(OCC(=O)Nc2cccc(C(=O)NC(C)C)c2)c1. The van der Waals surface area contributed by atoms with Crippen LogP contribution in [0, 0.1) is 6.92 Å². The Bertz CT molecular complexity index is 726. The van der Waals surface area contributed by atoms with Gasteiger partial charge in [0.1, 0.15) is 5.75 Å². The van der Waals surface area contributed by atoms with Crippen LogP contribution >= 0.6 is 0 Å². The molecule has 126 valence electrons. The molecule has 0 bridgehead atoms. The Hall–Kier alpha value is -2.82. The van der Waals surface area contributed by atoms with E-state index in [1.807, 2.05) is 39.0 Å². The van der Waals surface area contributed by atoms with Crippen LogP contribution in [-0.2, 0) is 4.79 Å². The van der Waals surface area contributed by atoms with Gasteiger partial charge in [0.2, 0.25) is 0 Å². The van der Waals surface area contributed by atoms with Crippen molar-refractivity contribution in [1.29, 1.82) is 0 Å². The number of amides is 2. The molecule has 24 heavy (non-hydrogen) atoms. The number of carbonyl (C=O) groups is 2. The molecule has 0 unspecified atom stereocenters. The van der Waals surface area contributed by atoms with Gasteiger partial charge in [-0.15, -0.1) is 0 Å². The number of aryl methyl sites for hydroxylation is 1. The molecule has 5 heteroatoms. The summed E-state index contributed by atoms with van der Waals surface area (Å²) in [6.45, 7) is 5.66. The summed E-state index contributed by atoms with van der Waals surface area (Å²) in [6, 6.07) is 14.4. The largest absolute Gasteiger partial charge is 0.484 e. The molecule has 0 aromatic heterocycles. The molecule has 0 spiro atoms. The zero-order valence-electron chi connectivity index (χ0n) is 14.1. The van der Waals surface area contributed by atoms with E-state index in [-0.39, 0.29) is 24.5 Å². The predicted molar refractivity (Wildman–Crippen MR) is 94.3 cm³/mol. The molecule has 5 nitrogen and oxygen atoms in total. The van der Waals surface area contributed by atoms with Crippen molar-refractivity contribution in [1.82, 2.24) is 5.32 Å². The number of benzene rings is 2. The minimum Gasteiger partial charge on any atom is -0.484 e. The van der Waals surface area contributed by atoms with Gasteiger partial charge in [-0.1, -0.05) is 18.2 Å². The van der Waals surface area contributed by atoms with Crippen molar-refractivity contribution in [3.8, 4) is 5.75 Å². The van der Waals surface area contributed by atoms with Crippen LogP contribution in [0.1, 0.15) is 29.8 Å². The minimum absolute atomic E-state index is 0.0541. The van der Waals surface area contributed by atoms with E-state index < -0.39 is 0 Å². The lowest BCUT2D eigenvalue weighted by Crippen LogP contribution is -2.30. The molecule has 0 saturated heterocycles. The van der Waals surface area contributed by atoms with E-state index >= 15 is 0 Å². The van der Waals surface area contributed by atoms with Gasteiger partial charge in [-0.05, 0) is 56.7 Å². The van der Waals surface area contributed by atoms with E-state index in [9.17, 15) is 9.59 Å². The quantitative estimate of drug-likeness (QED) is 0.857. The maximum absolute atomic E-state index is 12.0. The number of rotatable bonds is 6. The fourth-order valence-electron chi connectivity index (χ4n) is 2.13. The fraction of sp³-hybridized carbons (Fsp3) is 0.263. The first kappa shape index (κ1) is 17.5. The lowest BCUT2D eigenvalue weighted by atomic mass is 10.2. The first-order valence-corrected chi connectivity index (χ1v) is 7.84. The number of nitrogens with one attached hydrogen (secondary N) is 2. The maximum atomic E-state index is 12.0. The summed E-state index contributed by atoms with van der Waals surface area (Å²) < 4.78 is 5.46. The van der Waals surface area contributed by atoms with Crippen molar-refractivity contribution in [3.05, 3.63) is 59.7 Å². The van der Waals surface area contributed by atoms with E-state index in [1.165, 1.54) is 0 Å². The van der Waals surface area contributed by atoms with Crippen molar-refractivity contribution >= 4 is 17.5 Å². The monoisotopic (exact) mass is 326 g/mol. The number of anilines is 1. The first-order chi connectivity index (χ1) is 11.4. The summed E-state index contributed by atoms with van der Waals surface area (Å²) in [4.78, 5) is 24.0. The zero-order valence-corrected chi connectivity index (χ0v) is 14.1. The molecule has 2 amide bonds. The third-order valence-electron chi connectivity index (χ3n) is 3.19. The minimum atomic E-state index is -0.280. The summed E-state index contributed by atoms with van der Waals surface area (Å²) in [5.74, 6) is 0.199. The van der Waals surface area contributed by atoms with Crippen LogP contribution in [0.5, 0.6) is 5.75 Å². The van der Waals surface area contributed by atoms with Crippen LogP contribution in [0.25, 0.3) is 0 Å². The number of ether oxygens (including phenoxy) is 1. The summed E-state index contributed by atoms with van der Waals surface area (Å²) >= 11 is 0. The molecule has 0 fully saturated rings. The predicted octanol–water partition coefficient (Wildman–Crippen LogP) is 3.15. The third-order valence-corrected chi connectivity index (χ3v) is 3.19. The van der Waals surface area contributed by atoms with Gasteiger partial charge in [-0.25, -0.2) is 0 Å². The molecular formula is C19H22N2O3. The van der Waals surface area contributed by atoms with Crippen molar-refractivity contribution in [3.63, 3.8) is 0 Å². The second kappa shape index (κ2) is 8.15. The molecule has 0 heterocycles. The number of hydrogen-bond acceptors (Lipinski definition) is 3. The maximum Gasteiger partial charge on any atom is 0.262 e. The van der Waals surface area contributed by atoms with Crippen molar-refractivity contribution < 1.29 is 14.3 Å². The van der Waals surface area contributed by atoms with Crippen LogP contribution in [0.4, 0.5) is 5.69 Å². The van der Waals surface area contributed by atoms with Gasteiger partial charge in [0.15, 0.2) is 6.61 Å². The first-order valence-electron chi connectivity index (χ1n) is 7.84. The highest BCUT2D eigenvalue weighted by molar-refractivity contribution is 5.97. The van der Waals surface area contributed by atoms with E-state index in [0.29, 0.717) is 17.0 Å². The molecule has 0 aliphatic heterocycles. The highest BCUT2D eigenvalue weighted by atomic mass is 16.5. The molecule has 2 aromatic rings. The van der Waals surface area contributed by atoms with Gasteiger partial charge in [-0.2, -0.15) is 0 Å². The Morgan fingerprint density at radius 2 is 1.83 bits per heavy atom. The average Bonchev–Trinajstić information content (AvgIpc) is 2.53. The Kier molecular flexibility index (Phi) is 5.95. The summed E-state index contributed by atoms with van der Waals surface area (Å²) in [6.07, 6.45) is 0. The highest BCUT2D eigenvalue weighted by Gasteiger charge is 2.09. The standard InChI is InChI=1S/C19H22N2O3/c1-13(2)20-19(23)15-7-5-8-16(11-15)21-18(22)12-24-17-9-4-6-14(3)10-17/h4-11,13H,12H2,1-3H3,(H,20,23)(H,21,22). The van der Waals surface area contributed by atoms with Crippen LogP contribution < -0.4 is 15.4 Å². The summed E-state index contributed by atoms with van der Waals surface area (Å²) in [5, 5.41) is 5.55. The van der Waals surface area contributed by atoms with Crippen LogP contribution in [0.15, 0.2) is 48.5 Å². The van der Waals surface area contributed by atoms with Gasteiger partial charge in [-0.3, -0.25) is 9.59 Å².